The zero-order valence-electron chi connectivity index (χ0n) is 19.5. The van der Waals surface area contributed by atoms with E-state index in [0.29, 0.717) is 6.42 Å². The lowest BCUT2D eigenvalue weighted by atomic mass is 9.91. The maximum atomic E-state index is 12.0. The van der Waals surface area contributed by atoms with Crippen LogP contribution >= 0.6 is 12.6 Å². The molecule has 0 bridgehead atoms. The fourth-order valence-electron chi connectivity index (χ4n) is 4.37. The molecule has 0 aromatic rings. The SMILES string of the molecule is C1CCC(NC2CCCCC2)CC1.CC[C@H](C(=O)OC)N(CC(=O)O)C(=O)[C@H](C)CS. The number of aliphatic carboxylic acids is 1. The number of amides is 1. The molecule has 2 saturated carbocycles. The third-order valence-electron chi connectivity index (χ3n) is 6.20. The zero-order chi connectivity index (χ0) is 23.2. The van der Waals surface area contributed by atoms with Gasteiger partial charge in [0.2, 0.25) is 5.91 Å². The summed E-state index contributed by atoms with van der Waals surface area (Å²) in [5, 5.41) is 12.7. The van der Waals surface area contributed by atoms with Crippen LogP contribution in [-0.2, 0) is 19.1 Å². The number of carboxylic acids is 1. The minimum absolute atomic E-state index is 0.284. The summed E-state index contributed by atoms with van der Waals surface area (Å²) in [7, 11) is 1.20. The van der Waals surface area contributed by atoms with Crippen molar-refractivity contribution in [2.24, 2.45) is 5.92 Å². The summed E-state index contributed by atoms with van der Waals surface area (Å²) in [6, 6.07) is 0.870. The molecule has 7 nitrogen and oxygen atoms in total. The van der Waals surface area contributed by atoms with Crippen molar-refractivity contribution in [2.75, 3.05) is 19.4 Å². The first-order valence-electron chi connectivity index (χ1n) is 11.8. The van der Waals surface area contributed by atoms with Crippen molar-refractivity contribution in [1.82, 2.24) is 10.2 Å². The highest BCUT2D eigenvalue weighted by atomic mass is 32.1. The summed E-state index contributed by atoms with van der Waals surface area (Å²) >= 11 is 4.00. The highest BCUT2D eigenvalue weighted by molar-refractivity contribution is 7.80. The largest absolute Gasteiger partial charge is 0.480 e. The predicted molar refractivity (Wildman–Crippen MR) is 125 cm³/mol. The second kappa shape index (κ2) is 15.5. The summed E-state index contributed by atoms with van der Waals surface area (Å²) in [4.78, 5) is 35.4. The maximum absolute atomic E-state index is 12.0. The van der Waals surface area contributed by atoms with Gasteiger partial charge in [-0.2, -0.15) is 12.6 Å². The summed E-state index contributed by atoms with van der Waals surface area (Å²) in [6.45, 7) is 2.80. The molecule has 2 N–H and O–H groups in total. The normalized spacial score (nSPS) is 19.5. The van der Waals surface area contributed by atoms with Crippen molar-refractivity contribution in [3.8, 4) is 0 Å². The lowest BCUT2D eigenvalue weighted by Crippen LogP contribution is -2.49. The number of thiol groups is 1. The Labute approximate surface area is 193 Å². The summed E-state index contributed by atoms with van der Waals surface area (Å²) in [5.41, 5.74) is 0. The van der Waals surface area contributed by atoms with Crippen LogP contribution < -0.4 is 5.32 Å². The molecule has 0 radical (unpaired) electrons. The van der Waals surface area contributed by atoms with Crippen LogP contribution in [0.3, 0.4) is 0 Å². The minimum atomic E-state index is -1.17. The first kappa shape index (κ1) is 27.8. The molecule has 0 spiro atoms. The van der Waals surface area contributed by atoms with Gasteiger partial charge in [0.15, 0.2) is 0 Å². The second-order valence-electron chi connectivity index (χ2n) is 8.73. The van der Waals surface area contributed by atoms with Gasteiger partial charge < -0.3 is 20.1 Å². The Morgan fingerprint density at radius 1 is 1.03 bits per heavy atom. The standard InChI is InChI=1S/C12H23N.C11H19NO5S/c1-3-7-11(8-4-1)13-12-9-5-2-6-10-12;1-4-8(11(16)17-3)12(5-9(13)14)10(15)7(2)6-18/h11-13H,1-10H2;7-8,18H,4-6H2,1-3H3,(H,13,14)/t;7-,8-/m.1/s1. The Balaban J connectivity index is 0.000000323. The number of rotatable bonds is 9. The average Bonchev–Trinajstić information content (AvgIpc) is 2.79. The predicted octanol–water partition coefficient (Wildman–Crippen LogP) is 3.66. The van der Waals surface area contributed by atoms with Crippen LogP contribution in [0.5, 0.6) is 0 Å². The molecule has 0 aromatic carbocycles. The molecule has 0 aliphatic heterocycles. The lowest BCUT2D eigenvalue weighted by Gasteiger charge is -2.30. The smallest absolute Gasteiger partial charge is 0.328 e. The zero-order valence-corrected chi connectivity index (χ0v) is 20.4. The molecule has 0 saturated heterocycles. The van der Waals surface area contributed by atoms with Crippen LogP contribution in [-0.4, -0.2) is 65.4 Å². The van der Waals surface area contributed by atoms with Gasteiger partial charge in [-0.05, 0) is 32.1 Å². The van der Waals surface area contributed by atoms with E-state index < -0.39 is 36.4 Å². The molecule has 1 amide bonds. The van der Waals surface area contributed by atoms with E-state index in [-0.39, 0.29) is 5.75 Å². The second-order valence-corrected chi connectivity index (χ2v) is 9.09. The highest BCUT2D eigenvalue weighted by Gasteiger charge is 2.32. The number of hydrogen-bond acceptors (Lipinski definition) is 6. The van der Waals surface area contributed by atoms with E-state index in [1.807, 2.05) is 0 Å². The lowest BCUT2D eigenvalue weighted by molar-refractivity contribution is -0.157. The Kier molecular flexibility index (Phi) is 13.9. The molecular weight excluding hydrogens is 416 g/mol. The van der Waals surface area contributed by atoms with E-state index in [9.17, 15) is 14.4 Å². The summed E-state index contributed by atoms with van der Waals surface area (Å²) in [6.07, 6.45) is 14.9. The number of nitrogens with one attached hydrogen (secondary N) is 1. The molecule has 2 rings (SSSR count). The van der Waals surface area contributed by atoms with E-state index in [1.54, 1.807) is 13.8 Å². The minimum Gasteiger partial charge on any atom is -0.480 e. The van der Waals surface area contributed by atoms with Crippen molar-refractivity contribution in [2.45, 2.75) is 103 Å². The third kappa shape index (κ3) is 10.3. The van der Waals surface area contributed by atoms with Gasteiger partial charge in [-0.3, -0.25) is 9.59 Å². The quantitative estimate of drug-likeness (QED) is 0.360. The first-order chi connectivity index (χ1) is 14.8. The third-order valence-corrected chi connectivity index (χ3v) is 6.75. The van der Waals surface area contributed by atoms with Gasteiger partial charge in [-0.1, -0.05) is 52.4 Å². The van der Waals surface area contributed by atoms with Crippen molar-refractivity contribution >= 4 is 30.5 Å². The molecule has 180 valence electrons. The highest BCUT2D eigenvalue weighted by Crippen LogP contribution is 2.22. The summed E-state index contributed by atoms with van der Waals surface area (Å²) in [5.74, 6) is -2.36. The Bertz CT molecular complexity index is 532. The van der Waals surface area contributed by atoms with Crippen LogP contribution in [0.15, 0.2) is 0 Å². The van der Waals surface area contributed by atoms with Crippen LogP contribution in [0, 0.1) is 5.92 Å². The summed E-state index contributed by atoms with van der Waals surface area (Å²) < 4.78 is 4.58. The fourth-order valence-corrected chi connectivity index (χ4v) is 4.53. The molecule has 0 heterocycles. The number of hydrogen-bond donors (Lipinski definition) is 3. The molecule has 8 heteroatoms. The molecule has 2 atom stereocenters. The van der Waals surface area contributed by atoms with Crippen molar-refractivity contribution in [1.29, 1.82) is 0 Å². The molecule has 2 aliphatic rings. The topological polar surface area (TPSA) is 95.9 Å². The van der Waals surface area contributed by atoms with E-state index in [4.69, 9.17) is 5.11 Å². The first-order valence-corrected chi connectivity index (χ1v) is 12.4. The number of carbonyl (C=O) groups excluding carboxylic acids is 2. The fraction of sp³-hybridized carbons (Fsp3) is 0.870. The van der Waals surface area contributed by atoms with Gasteiger partial charge >= 0.3 is 11.9 Å². The van der Waals surface area contributed by atoms with Gasteiger partial charge in [0, 0.05) is 23.8 Å². The van der Waals surface area contributed by atoms with Crippen LogP contribution in [0.2, 0.25) is 0 Å². The molecule has 0 aromatic heterocycles. The van der Waals surface area contributed by atoms with Gasteiger partial charge in [0.05, 0.1) is 7.11 Å². The van der Waals surface area contributed by atoms with E-state index >= 15 is 0 Å². The van der Waals surface area contributed by atoms with Crippen molar-refractivity contribution < 1.29 is 24.2 Å². The molecule has 2 fully saturated rings. The number of ether oxygens (including phenoxy) is 1. The van der Waals surface area contributed by atoms with Crippen molar-refractivity contribution in [3.63, 3.8) is 0 Å². The molecule has 0 unspecified atom stereocenters. The number of esters is 1. The number of nitrogens with zero attached hydrogens (tertiary/aromatic N) is 1. The van der Waals surface area contributed by atoms with Gasteiger partial charge in [0.1, 0.15) is 12.6 Å². The number of carbonyl (C=O) groups is 3. The van der Waals surface area contributed by atoms with E-state index in [1.165, 1.54) is 71.3 Å². The van der Waals surface area contributed by atoms with Gasteiger partial charge in [0.25, 0.3) is 0 Å². The van der Waals surface area contributed by atoms with Crippen LogP contribution in [0.4, 0.5) is 0 Å². The molecular formula is C23H42N2O5S. The Morgan fingerprint density at radius 2 is 1.52 bits per heavy atom. The van der Waals surface area contributed by atoms with E-state index in [0.717, 1.165) is 17.0 Å². The monoisotopic (exact) mass is 458 g/mol. The van der Waals surface area contributed by atoms with Gasteiger partial charge in [-0.15, -0.1) is 0 Å². The van der Waals surface area contributed by atoms with Crippen LogP contribution in [0.1, 0.15) is 84.5 Å². The molecule has 31 heavy (non-hydrogen) atoms. The van der Waals surface area contributed by atoms with Gasteiger partial charge in [-0.25, -0.2) is 4.79 Å². The van der Waals surface area contributed by atoms with Crippen molar-refractivity contribution in [3.05, 3.63) is 0 Å². The maximum Gasteiger partial charge on any atom is 0.328 e. The average molecular weight is 459 g/mol. The Morgan fingerprint density at radius 3 is 1.87 bits per heavy atom. The molecule has 2 aliphatic carbocycles. The Hall–Kier alpha value is -1.28. The number of carboxylic acid groups (broad SMARTS) is 1. The van der Waals surface area contributed by atoms with E-state index in [2.05, 4.69) is 22.7 Å². The van der Waals surface area contributed by atoms with Crippen LogP contribution in [0.25, 0.3) is 0 Å². The number of methoxy groups -OCH3 is 1.